The van der Waals surface area contributed by atoms with E-state index in [-0.39, 0.29) is 11.7 Å². The van der Waals surface area contributed by atoms with Crippen LogP contribution < -0.4 is 5.32 Å². The van der Waals surface area contributed by atoms with Crippen LogP contribution in [0.3, 0.4) is 0 Å². The number of halogens is 1. The Balaban J connectivity index is 2.70. The van der Waals surface area contributed by atoms with E-state index in [1.54, 1.807) is 7.11 Å². The van der Waals surface area contributed by atoms with Gasteiger partial charge in [-0.3, -0.25) is 10.1 Å². The van der Waals surface area contributed by atoms with Gasteiger partial charge < -0.3 is 10.1 Å². The Hall–Kier alpha value is -1.53. The minimum Gasteiger partial charge on any atom is -0.383 e. The van der Waals surface area contributed by atoms with Crippen LogP contribution in [0.4, 0.5) is 10.1 Å². The zero-order valence-electron chi connectivity index (χ0n) is 11.9. The second-order valence-electron chi connectivity index (χ2n) is 4.68. The van der Waals surface area contributed by atoms with Crippen LogP contribution in [0, 0.1) is 15.9 Å². The highest BCUT2D eigenvalue weighted by atomic mass is 19.1. The molecule has 0 heterocycles. The van der Waals surface area contributed by atoms with E-state index in [1.165, 1.54) is 12.1 Å². The fourth-order valence-electron chi connectivity index (χ4n) is 2.06. The van der Waals surface area contributed by atoms with Crippen LogP contribution in [0.2, 0.25) is 0 Å². The van der Waals surface area contributed by atoms with Gasteiger partial charge in [-0.05, 0) is 37.9 Å². The minimum atomic E-state index is -0.473. The molecule has 1 unspecified atom stereocenters. The van der Waals surface area contributed by atoms with Crippen molar-refractivity contribution < 1.29 is 14.1 Å². The number of methoxy groups -OCH3 is 1. The molecule has 20 heavy (non-hydrogen) atoms. The maximum absolute atomic E-state index is 13.2. The lowest BCUT2D eigenvalue weighted by atomic mass is 10.0. The summed E-state index contributed by atoms with van der Waals surface area (Å²) in [7, 11) is 1.62. The number of nitrogens with one attached hydrogen (secondary N) is 1. The standard InChI is InChI=1S/C14H21FN2O3/c1-3-8-16-13(10-20-2)6-4-11-9-12(15)5-7-14(11)17(18)19/h5,7,9,13,16H,3-4,6,8,10H2,1-2H3. The predicted molar refractivity (Wildman–Crippen MR) is 75.3 cm³/mol. The topological polar surface area (TPSA) is 64.4 Å². The van der Waals surface area contributed by atoms with E-state index in [0.717, 1.165) is 19.0 Å². The van der Waals surface area contributed by atoms with E-state index in [1.807, 2.05) is 0 Å². The van der Waals surface area contributed by atoms with E-state index in [2.05, 4.69) is 12.2 Å². The quantitative estimate of drug-likeness (QED) is 0.559. The van der Waals surface area contributed by atoms with Gasteiger partial charge in [0.25, 0.3) is 5.69 Å². The third-order valence-electron chi connectivity index (χ3n) is 3.05. The SMILES string of the molecule is CCCNC(CCc1cc(F)ccc1[N+](=O)[O-])COC. The molecule has 0 saturated carbocycles. The fraction of sp³-hybridized carbons (Fsp3) is 0.571. The Morgan fingerprint density at radius 1 is 1.50 bits per heavy atom. The van der Waals surface area contributed by atoms with Crippen LogP contribution in [0.1, 0.15) is 25.3 Å². The molecule has 1 aromatic rings. The van der Waals surface area contributed by atoms with Gasteiger partial charge in [0, 0.05) is 24.8 Å². The van der Waals surface area contributed by atoms with Gasteiger partial charge in [0.2, 0.25) is 0 Å². The first kappa shape index (κ1) is 16.5. The van der Waals surface area contributed by atoms with Crippen LogP contribution >= 0.6 is 0 Å². The molecule has 0 fully saturated rings. The number of ether oxygens (including phenoxy) is 1. The molecule has 1 atom stereocenters. The Morgan fingerprint density at radius 2 is 2.25 bits per heavy atom. The first-order valence-corrected chi connectivity index (χ1v) is 6.73. The van der Waals surface area contributed by atoms with E-state index < -0.39 is 10.7 Å². The highest BCUT2D eigenvalue weighted by Crippen LogP contribution is 2.21. The van der Waals surface area contributed by atoms with Crippen molar-refractivity contribution in [1.29, 1.82) is 0 Å². The van der Waals surface area contributed by atoms with Crippen LogP contribution in [-0.2, 0) is 11.2 Å². The molecule has 0 bridgehead atoms. The summed E-state index contributed by atoms with van der Waals surface area (Å²) in [6.45, 7) is 3.46. The van der Waals surface area contributed by atoms with Gasteiger partial charge in [0.05, 0.1) is 11.5 Å². The van der Waals surface area contributed by atoms with Crippen molar-refractivity contribution in [2.24, 2.45) is 0 Å². The molecule has 112 valence electrons. The molecule has 6 heteroatoms. The van der Waals surface area contributed by atoms with E-state index in [4.69, 9.17) is 4.74 Å². The van der Waals surface area contributed by atoms with Crippen molar-refractivity contribution in [2.75, 3.05) is 20.3 Å². The van der Waals surface area contributed by atoms with Crippen molar-refractivity contribution in [1.82, 2.24) is 5.32 Å². The van der Waals surface area contributed by atoms with Crippen molar-refractivity contribution in [3.63, 3.8) is 0 Å². The van der Waals surface area contributed by atoms with Gasteiger partial charge in [0.15, 0.2) is 0 Å². The molecule has 0 amide bonds. The average molecular weight is 284 g/mol. The second kappa shape index (κ2) is 8.60. The predicted octanol–water partition coefficient (Wildman–Crippen LogP) is 2.68. The summed E-state index contributed by atoms with van der Waals surface area (Å²) < 4.78 is 18.3. The summed E-state index contributed by atoms with van der Waals surface area (Å²) in [6.07, 6.45) is 2.11. The number of rotatable bonds is 9. The molecule has 1 rings (SSSR count). The Bertz CT molecular complexity index is 440. The largest absolute Gasteiger partial charge is 0.383 e. The van der Waals surface area contributed by atoms with Crippen molar-refractivity contribution in [3.05, 3.63) is 39.7 Å². The summed E-state index contributed by atoms with van der Waals surface area (Å²) >= 11 is 0. The number of benzene rings is 1. The lowest BCUT2D eigenvalue weighted by molar-refractivity contribution is -0.385. The molecule has 0 saturated heterocycles. The van der Waals surface area contributed by atoms with Crippen molar-refractivity contribution in [2.45, 2.75) is 32.2 Å². The van der Waals surface area contributed by atoms with Crippen LogP contribution in [0.15, 0.2) is 18.2 Å². The molecule has 0 radical (unpaired) electrons. The zero-order valence-corrected chi connectivity index (χ0v) is 11.9. The molecule has 0 spiro atoms. The maximum Gasteiger partial charge on any atom is 0.272 e. The molecule has 1 aromatic carbocycles. The first-order valence-electron chi connectivity index (χ1n) is 6.73. The van der Waals surface area contributed by atoms with Crippen molar-refractivity contribution in [3.8, 4) is 0 Å². The van der Waals surface area contributed by atoms with E-state index in [0.29, 0.717) is 25.0 Å². The monoisotopic (exact) mass is 284 g/mol. The first-order chi connectivity index (χ1) is 9.58. The van der Waals surface area contributed by atoms with Gasteiger partial charge in [-0.15, -0.1) is 0 Å². The number of aryl methyl sites for hydroxylation is 1. The minimum absolute atomic E-state index is 0.0296. The van der Waals surface area contributed by atoms with Gasteiger partial charge in [-0.2, -0.15) is 0 Å². The van der Waals surface area contributed by atoms with Gasteiger partial charge in [-0.25, -0.2) is 4.39 Å². The Morgan fingerprint density at radius 3 is 2.85 bits per heavy atom. The second-order valence-corrected chi connectivity index (χ2v) is 4.68. The lowest BCUT2D eigenvalue weighted by Crippen LogP contribution is -2.34. The molecule has 1 N–H and O–H groups in total. The average Bonchev–Trinajstić information content (AvgIpc) is 2.41. The molecule has 5 nitrogen and oxygen atoms in total. The summed E-state index contributed by atoms with van der Waals surface area (Å²) in [5, 5.41) is 14.2. The number of nitro groups is 1. The highest BCUT2D eigenvalue weighted by molar-refractivity contribution is 5.40. The maximum atomic E-state index is 13.2. The van der Waals surface area contributed by atoms with Crippen LogP contribution in [0.5, 0.6) is 0 Å². The summed E-state index contributed by atoms with van der Waals surface area (Å²) in [5.74, 6) is -0.449. The van der Waals surface area contributed by atoms with Crippen LogP contribution in [0.25, 0.3) is 0 Å². The number of nitrogens with zero attached hydrogens (tertiary/aromatic N) is 1. The third kappa shape index (κ3) is 5.22. The molecular weight excluding hydrogens is 263 g/mol. The van der Waals surface area contributed by atoms with Gasteiger partial charge >= 0.3 is 0 Å². The molecule has 0 aromatic heterocycles. The van der Waals surface area contributed by atoms with Crippen molar-refractivity contribution >= 4 is 5.69 Å². The Labute approximate surface area is 118 Å². The normalized spacial score (nSPS) is 12.3. The van der Waals surface area contributed by atoms with E-state index in [9.17, 15) is 14.5 Å². The summed E-state index contributed by atoms with van der Waals surface area (Å²) in [5.41, 5.74) is 0.396. The summed E-state index contributed by atoms with van der Waals surface area (Å²) in [6, 6.07) is 3.68. The van der Waals surface area contributed by atoms with Gasteiger partial charge in [-0.1, -0.05) is 6.92 Å². The smallest absolute Gasteiger partial charge is 0.272 e. The lowest BCUT2D eigenvalue weighted by Gasteiger charge is -2.17. The molecule has 0 aliphatic rings. The molecule has 0 aliphatic carbocycles. The number of nitro benzene ring substituents is 1. The fourth-order valence-corrected chi connectivity index (χ4v) is 2.06. The van der Waals surface area contributed by atoms with Gasteiger partial charge in [0.1, 0.15) is 5.82 Å². The molecular formula is C14H21FN2O3. The summed E-state index contributed by atoms with van der Waals surface area (Å²) in [4.78, 5) is 10.4. The van der Waals surface area contributed by atoms with Crippen LogP contribution in [-0.4, -0.2) is 31.2 Å². The van der Waals surface area contributed by atoms with E-state index >= 15 is 0 Å². The third-order valence-corrected chi connectivity index (χ3v) is 3.05. The zero-order chi connectivity index (χ0) is 15.0. The Kier molecular flexibility index (Phi) is 7.11. The number of hydrogen-bond donors (Lipinski definition) is 1. The highest BCUT2D eigenvalue weighted by Gasteiger charge is 2.16. The molecule has 0 aliphatic heterocycles. The number of hydrogen-bond acceptors (Lipinski definition) is 4.